The van der Waals surface area contributed by atoms with Gasteiger partial charge in [-0.25, -0.2) is 4.79 Å². The maximum Gasteiger partial charge on any atom is 0.340 e. The smallest absolute Gasteiger partial charge is 0.340 e. The summed E-state index contributed by atoms with van der Waals surface area (Å²) in [7, 11) is 0. The summed E-state index contributed by atoms with van der Waals surface area (Å²) in [6.07, 6.45) is 4.43. The van der Waals surface area contributed by atoms with Crippen molar-refractivity contribution in [1.29, 1.82) is 0 Å². The molecule has 0 aliphatic heterocycles. The Morgan fingerprint density at radius 1 is 1.37 bits per heavy atom. The van der Waals surface area contributed by atoms with Crippen LogP contribution in [0.15, 0.2) is 35.6 Å². The lowest BCUT2D eigenvalue weighted by atomic mass is 10.0. The average Bonchev–Trinajstić information content (AvgIpc) is 2.31. The van der Waals surface area contributed by atoms with E-state index in [4.69, 9.17) is 4.74 Å². The van der Waals surface area contributed by atoms with E-state index < -0.39 is 5.60 Å². The van der Waals surface area contributed by atoms with E-state index in [0.717, 1.165) is 17.7 Å². The minimum atomic E-state index is -0.491. The lowest BCUT2D eigenvalue weighted by Gasteiger charge is -2.22. The molecule has 0 bridgehead atoms. The van der Waals surface area contributed by atoms with Crippen molar-refractivity contribution in [1.82, 2.24) is 5.32 Å². The fraction of sp³-hybridized carbons (Fsp3) is 0.562. The second kappa shape index (κ2) is 7.82. The lowest BCUT2D eigenvalue weighted by Crippen LogP contribution is -2.28. The molecular formula is C16H27NO2. The van der Waals surface area contributed by atoms with Gasteiger partial charge < -0.3 is 10.1 Å². The van der Waals surface area contributed by atoms with Crippen LogP contribution in [0.2, 0.25) is 0 Å². The molecule has 3 heteroatoms. The Morgan fingerprint density at radius 3 is 2.32 bits per heavy atom. The summed E-state index contributed by atoms with van der Waals surface area (Å²) in [6.45, 7) is 15.8. The Balaban J connectivity index is 5.28. The van der Waals surface area contributed by atoms with Gasteiger partial charge in [0.1, 0.15) is 5.60 Å². The first-order valence-corrected chi connectivity index (χ1v) is 6.71. The number of ether oxygens (including phenoxy) is 1. The van der Waals surface area contributed by atoms with Crippen LogP contribution >= 0.6 is 0 Å². The molecule has 0 fully saturated rings. The van der Waals surface area contributed by atoms with Gasteiger partial charge in [0.15, 0.2) is 0 Å². The zero-order chi connectivity index (χ0) is 15.1. The highest BCUT2D eigenvalue weighted by molar-refractivity contribution is 5.93. The molecule has 1 N–H and O–H groups in total. The third-order valence-corrected chi connectivity index (χ3v) is 2.56. The molecule has 0 saturated heterocycles. The van der Waals surface area contributed by atoms with Gasteiger partial charge in [-0.05, 0) is 46.6 Å². The number of hydrogen-bond donors (Lipinski definition) is 1. The van der Waals surface area contributed by atoms with E-state index in [9.17, 15) is 4.79 Å². The number of carbonyl (C=O) groups is 1. The minimum absolute atomic E-state index is 0.297. The number of esters is 1. The van der Waals surface area contributed by atoms with Crippen LogP contribution in [0.1, 0.15) is 48.0 Å². The molecule has 0 unspecified atom stereocenters. The molecule has 0 saturated carbocycles. The van der Waals surface area contributed by atoms with E-state index in [-0.39, 0.29) is 5.97 Å². The SMILES string of the molecule is C=CCNC(/C(=C/C)C(=O)OC(C)(C)C)=C(\C)CC. The Hall–Kier alpha value is -1.51. The van der Waals surface area contributed by atoms with Crippen molar-refractivity contribution in [2.24, 2.45) is 0 Å². The van der Waals surface area contributed by atoms with E-state index in [1.165, 1.54) is 0 Å². The predicted molar refractivity (Wildman–Crippen MR) is 80.8 cm³/mol. The summed E-state index contributed by atoms with van der Waals surface area (Å²) in [4.78, 5) is 12.2. The first-order valence-electron chi connectivity index (χ1n) is 6.71. The van der Waals surface area contributed by atoms with Gasteiger partial charge in [-0.2, -0.15) is 0 Å². The van der Waals surface area contributed by atoms with E-state index in [1.54, 1.807) is 12.2 Å². The average molecular weight is 265 g/mol. The molecular weight excluding hydrogens is 238 g/mol. The molecule has 3 nitrogen and oxygen atoms in total. The third kappa shape index (κ3) is 6.27. The van der Waals surface area contributed by atoms with Gasteiger partial charge in [-0.3, -0.25) is 0 Å². The van der Waals surface area contributed by atoms with Crippen molar-refractivity contribution >= 4 is 5.97 Å². The van der Waals surface area contributed by atoms with Crippen LogP contribution in [0, 0.1) is 0 Å². The third-order valence-electron chi connectivity index (χ3n) is 2.56. The topological polar surface area (TPSA) is 38.3 Å². The van der Waals surface area contributed by atoms with Crippen molar-refractivity contribution in [2.45, 2.75) is 53.6 Å². The van der Waals surface area contributed by atoms with E-state index in [0.29, 0.717) is 12.1 Å². The summed E-state index contributed by atoms with van der Waals surface area (Å²) in [6, 6.07) is 0. The van der Waals surface area contributed by atoms with Gasteiger partial charge in [-0.1, -0.05) is 19.1 Å². The quantitative estimate of drug-likeness (QED) is 0.344. The molecule has 0 heterocycles. The summed E-state index contributed by atoms with van der Waals surface area (Å²) in [5.41, 5.74) is 2.06. The lowest BCUT2D eigenvalue weighted by molar-refractivity contribution is -0.149. The number of nitrogens with one attached hydrogen (secondary N) is 1. The van der Waals surface area contributed by atoms with Gasteiger partial charge in [0.2, 0.25) is 0 Å². The molecule has 0 spiro atoms. The van der Waals surface area contributed by atoms with Gasteiger partial charge in [0.05, 0.1) is 5.57 Å². The van der Waals surface area contributed by atoms with E-state index in [2.05, 4.69) is 18.8 Å². The molecule has 0 radical (unpaired) electrons. The summed E-state index contributed by atoms with van der Waals surface area (Å²) >= 11 is 0. The second-order valence-corrected chi connectivity index (χ2v) is 5.38. The highest BCUT2D eigenvalue weighted by Crippen LogP contribution is 2.19. The Bertz CT molecular complexity index is 384. The number of rotatable bonds is 6. The van der Waals surface area contributed by atoms with E-state index in [1.807, 2.05) is 34.6 Å². The first-order chi connectivity index (χ1) is 8.76. The summed E-state index contributed by atoms with van der Waals surface area (Å²) < 4.78 is 5.44. The first kappa shape index (κ1) is 17.5. The zero-order valence-corrected chi connectivity index (χ0v) is 13.1. The molecule has 0 atom stereocenters. The molecule has 19 heavy (non-hydrogen) atoms. The monoisotopic (exact) mass is 265 g/mol. The fourth-order valence-electron chi connectivity index (χ4n) is 1.52. The minimum Gasteiger partial charge on any atom is -0.456 e. The molecule has 0 aliphatic carbocycles. The fourth-order valence-corrected chi connectivity index (χ4v) is 1.52. The number of carbonyl (C=O) groups excluding carboxylic acids is 1. The van der Waals surface area contributed by atoms with Gasteiger partial charge in [-0.15, -0.1) is 6.58 Å². The van der Waals surface area contributed by atoms with Crippen LogP contribution in [0.5, 0.6) is 0 Å². The van der Waals surface area contributed by atoms with Crippen LogP contribution in [0.3, 0.4) is 0 Å². The van der Waals surface area contributed by atoms with Crippen molar-refractivity contribution in [3.63, 3.8) is 0 Å². The highest BCUT2D eigenvalue weighted by atomic mass is 16.6. The standard InChI is InChI=1S/C16H27NO2/c1-8-11-17-14(12(4)9-2)13(10-3)15(18)19-16(5,6)7/h8,10,17H,1,9,11H2,2-7H3/b13-10-,14-12+. The van der Waals surface area contributed by atoms with Crippen molar-refractivity contribution in [3.8, 4) is 0 Å². The molecule has 0 aliphatic rings. The summed E-state index contributed by atoms with van der Waals surface area (Å²) in [5, 5.41) is 3.23. The largest absolute Gasteiger partial charge is 0.456 e. The predicted octanol–water partition coefficient (Wildman–Crippen LogP) is 3.73. The van der Waals surface area contributed by atoms with Crippen LogP contribution in [0.25, 0.3) is 0 Å². The Labute approximate surface area is 117 Å². The van der Waals surface area contributed by atoms with Crippen molar-refractivity contribution in [3.05, 3.63) is 35.6 Å². The zero-order valence-electron chi connectivity index (χ0n) is 13.1. The number of allylic oxidation sites excluding steroid dienone is 2. The maximum atomic E-state index is 12.2. The van der Waals surface area contributed by atoms with Crippen LogP contribution in [-0.4, -0.2) is 18.1 Å². The normalized spacial score (nSPS) is 13.7. The van der Waals surface area contributed by atoms with Crippen LogP contribution in [0.4, 0.5) is 0 Å². The highest BCUT2D eigenvalue weighted by Gasteiger charge is 2.22. The van der Waals surface area contributed by atoms with Crippen molar-refractivity contribution < 1.29 is 9.53 Å². The van der Waals surface area contributed by atoms with Gasteiger partial charge in [0, 0.05) is 12.2 Å². The second-order valence-electron chi connectivity index (χ2n) is 5.38. The van der Waals surface area contributed by atoms with E-state index >= 15 is 0 Å². The van der Waals surface area contributed by atoms with Crippen molar-refractivity contribution in [2.75, 3.05) is 6.54 Å². The molecule has 0 aromatic heterocycles. The number of hydrogen-bond acceptors (Lipinski definition) is 3. The Morgan fingerprint density at radius 2 is 1.95 bits per heavy atom. The Kier molecular flexibility index (Phi) is 7.20. The molecule has 108 valence electrons. The molecule has 0 aromatic carbocycles. The molecule has 0 aromatic rings. The molecule has 0 rings (SSSR count). The van der Waals surface area contributed by atoms with Gasteiger partial charge >= 0.3 is 5.97 Å². The van der Waals surface area contributed by atoms with Gasteiger partial charge in [0.25, 0.3) is 0 Å². The maximum absolute atomic E-state index is 12.2. The molecule has 0 amide bonds. The van der Waals surface area contributed by atoms with Crippen LogP contribution < -0.4 is 5.32 Å². The summed E-state index contributed by atoms with van der Waals surface area (Å²) in [5.74, 6) is -0.297. The van der Waals surface area contributed by atoms with Crippen LogP contribution in [-0.2, 0) is 9.53 Å².